The summed E-state index contributed by atoms with van der Waals surface area (Å²) in [5.41, 5.74) is 1.85. The van der Waals surface area contributed by atoms with E-state index in [1.165, 1.54) is 6.07 Å². The smallest absolute Gasteiger partial charge is 0.165 e. The fourth-order valence-corrected chi connectivity index (χ4v) is 2.14. The zero-order chi connectivity index (χ0) is 15.2. The number of nitrogens with one attached hydrogen (secondary N) is 1. The first-order valence-electron chi connectivity index (χ1n) is 7.31. The topological polar surface area (TPSA) is 39.1 Å². The second-order valence-electron chi connectivity index (χ2n) is 4.96. The van der Waals surface area contributed by atoms with E-state index in [0.717, 1.165) is 24.2 Å². The first-order chi connectivity index (χ1) is 10.1. The minimum Gasteiger partial charge on any atom is -0.486 e. The third-order valence-electron chi connectivity index (χ3n) is 3.37. The van der Waals surface area contributed by atoms with Gasteiger partial charge in [-0.05, 0) is 38.1 Å². The van der Waals surface area contributed by atoms with Crippen LogP contribution in [0.3, 0.4) is 0 Å². The average molecular weight is 291 g/mol. The van der Waals surface area contributed by atoms with Crippen LogP contribution in [0.5, 0.6) is 5.75 Å². The molecule has 0 saturated carbocycles. The van der Waals surface area contributed by atoms with Gasteiger partial charge in [0.15, 0.2) is 11.6 Å². The van der Waals surface area contributed by atoms with Crippen LogP contribution < -0.4 is 10.1 Å². The summed E-state index contributed by atoms with van der Waals surface area (Å²) < 4.78 is 21.4. The number of aromatic nitrogens is 2. The van der Waals surface area contributed by atoms with Crippen molar-refractivity contribution in [3.05, 3.63) is 47.5 Å². The van der Waals surface area contributed by atoms with E-state index in [4.69, 9.17) is 4.74 Å². The van der Waals surface area contributed by atoms with Crippen LogP contribution in [0.4, 0.5) is 4.39 Å². The maximum Gasteiger partial charge on any atom is 0.165 e. The highest BCUT2D eigenvalue weighted by Crippen LogP contribution is 2.22. The van der Waals surface area contributed by atoms with Crippen molar-refractivity contribution in [2.45, 2.75) is 40.0 Å². The molecule has 1 aromatic heterocycles. The molecule has 0 aliphatic rings. The maximum absolute atomic E-state index is 14.1. The zero-order valence-corrected chi connectivity index (χ0v) is 12.8. The van der Waals surface area contributed by atoms with Gasteiger partial charge in [-0.2, -0.15) is 5.10 Å². The number of rotatable bonds is 7. The summed E-state index contributed by atoms with van der Waals surface area (Å²) in [6.45, 7) is 8.03. The van der Waals surface area contributed by atoms with Gasteiger partial charge in [0.2, 0.25) is 0 Å². The molecule has 1 unspecified atom stereocenters. The van der Waals surface area contributed by atoms with Crippen molar-refractivity contribution >= 4 is 0 Å². The minimum atomic E-state index is -0.333. The number of halogens is 1. The summed E-state index contributed by atoms with van der Waals surface area (Å²) >= 11 is 0. The second-order valence-corrected chi connectivity index (χ2v) is 4.96. The van der Waals surface area contributed by atoms with Crippen LogP contribution in [0.25, 0.3) is 0 Å². The van der Waals surface area contributed by atoms with Crippen LogP contribution in [0.2, 0.25) is 0 Å². The van der Waals surface area contributed by atoms with Gasteiger partial charge >= 0.3 is 0 Å². The van der Waals surface area contributed by atoms with Crippen LogP contribution in [-0.2, 0) is 13.2 Å². The lowest BCUT2D eigenvalue weighted by atomic mass is 10.1. The first kappa shape index (κ1) is 15.5. The molecule has 0 amide bonds. The van der Waals surface area contributed by atoms with E-state index in [1.807, 2.05) is 37.7 Å². The fourth-order valence-electron chi connectivity index (χ4n) is 2.14. The van der Waals surface area contributed by atoms with Crippen molar-refractivity contribution in [2.24, 2.45) is 0 Å². The Kier molecular flexibility index (Phi) is 5.33. The van der Waals surface area contributed by atoms with Crippen LogP contribution >= 0.6 is 0 Å². The Balaban J connectivity index is 2.00. The van der Waals surface area contributed by atoms with Crippen molar-refractivity contribution in [3.63, 3.8) is 0 Å². The quantitative estimate of drug-likeness (QED) is 0.851. The van der Waals surface area contributed by atoms with Crippen molar-refractivity contribution in [1.82, 2.24) is 15.1 Å². The monoisotopic (exact) mass is 291 g/mol. The molecule has 1 atom stereocenters. The molecule has 1 aromatic carbocycles. The Morgan fingerprint density at radius 1 is 1.38 bits per heavy atom. The molecule has 0 saturated heterocycles. The van der Waals surface area contributed by atoms with E-state index in [-0.39, 0.29) is 17.6 Å². The van der Waals surface area contributed by atoms with Crippen molar-refractivity contribution < 1.29 is 9.13 Å². The molecule has 1 heterocycles. The van der Waals surface area contributed by atoms with E-state index < -0.39 is 0 Å². The molecule has 2 rings (SSSR count). The van der Waals surface area contributed by atoms with E-state index >= 15 is 0 Å². The van der Waals surface area contributed by atoms with Crippen LogP contribution in [0.15, 0.2) is 30.6 Å². The highest BCUT2D eigenvalue weighted by molar-refractivity contribution is 5.31. The van der Waals surface area contributed by atoms with Crippen LogP contribution in [-0.4, -0.2) is 16.3 Å². The Labute approximate surface area is 124 Å². The molecule has 2 aromatic rings. The molecule has 4 nitrogen and oxygen atoms in total. The van der Waals surface area contributed by atoms with Gasteiger partial charge in [-0.25, -0.2) is 4.39 Å². The summed E-state index contributed by atoms with van der Waals surface area (Å²) in [4.78, 5) is 0. The van der Waals surface area contributed by atoms with Gasteiger partial charge in [-0.15, -0.1) is 0 Å². The normalized spacial score (nSPS) is 12.4. The van der Waals surface area contributed by atoms with Crippen molar-refractivity contribution in [3.8, 4) is 5.75 Å². The number of hydrogen-bond donors (Lipinski definition) is 1. The van der Waals surface area contributed by atoms with Gasteiger partial charge in [-0.1, -0.05) is 13.0 Å². The van der Waals surface area contributed by atoms with Crippen LogP contribution in [0, 0.1) is 5.82 Å². The third kappa shape index (κ3) is 4.04. The standard InChI is InChI=1S/C16H22FN3O/c1-4-18-12(3)14-6-7-16(15(17)8-14)21-11-13-9-19-20(5-2)10-13/h6-10,12,18H,4-5,11H2,1-3H3. The summed E-state index contributed by atoms with van der Waals surface area (Å²) in [5.74, 6) is -0.0631. The van der Waals surface area contributed by atoms with Gasteiger partial charge in [0.1, 0.15) is 6.61 Å². The maximum atomic E-state index is 14.1. The predicted molar refractivity (Wildman–Crippen MR) is 80.7 cm³/mol. The molecule has 0 aliphatic carbocycles. The fraction of sp³-hybridized carbons (Fsp3) is 0.438. The summed E-state index contributed by atoms with van der Waals surface area (Å²) in [5, 5.41) is 7.42. The van der Waals surface area contributed by atoms with Crippen molar-refractivity contribution in [1.29, 1.82) is 0 Å². The minimum absolute atomic E-state index is 0.126. The van der Waals surface area contributed by atoms with E-state index in [2.05, 4.69) is 10.4 Å². The number of aryl methyl sites for hydroxylation is 1. The summed E-state index contributed by atoms with van der Waals surface area (Å²) in [6.07, 6.45) is 3.64. The molecular weight excluding hydrogens is 269 g/mol. The number of benzene rings is 1. The van der Waals surface area contributed by atoms with Gasteiger partial charge in [0, 0.05) is 24.3 Å². The third-order valence-corrected chi connectivity index (χ3v) is 3.37. The van der Waals surface area contributed by atoms with Crippen molar-refractivity contribution in [2.75, 3.05) is 6.54 Å². The number of hydrogen-bond acceptors (Lipinski definition) is 3. The molecule has 0 aliphatic heterocycles. The molecule has 0 radical (unpaired) electrons. The second kappa shape index (κ2) is 7.22. The number of ether oxygens (including phenoxy) is 1. The lowest BCUT2D eigenvalue weighted by molar-refractivity contribution is 0.290. The Hall–Kier alpha value is -1.88. The summed E-state index contributed by atoms with van der Waals surface area (Å²) in [6, 6.07) is 5.23. The predicted octanol–water partition coefficient (Wildman–Crippen LogP) is 3.29. The molecule has 21 heavy (non-hydrogen) atoms. The molecule has 114 valence electrons. The molecule has 0 fully saturated rings. The Bertz CT molecular complexity index is 583. The molecule has 0 spiro atoms. The highest BCUT2D eigenvalue weighted by Gasteiger charge is 2.09. The van der Waals surface area contributed by atoms with E-state index in [9.17, 15) is 4.39 Å². The Morgan fingerprint density at radius 2 is 2.19 bits per heavy atom. The van der Waals surface area contributed by atoms with Gasteiger partial charge in [0.05, 0.1) is 6.20 Å². The average Bonchev–Trinajstić information content (AvgIpc) is 2.94. The number of nitrogens with zero attached hydrogens (tertiary/aromatic N) is 2. The lowest BCUT2D eigenvalue weighted by Gasteiger charge is -2.14. The first-order valence-corrected chi connectivity index (χ1v) is 7.31. The van der Waals surface area contributed by atoms with Gasteiger partial charge in [-0.3, -0.25) is 4.68 Å². The molecule has 1 N–H and O–H groups in total. The largest absolute Gasteiger partial charge is 0.486 e. The van der Waals surface area contributed by atoms with E-state index in [1.54, 1.807) is 12.3 Å². The summed E-state index contributed by atoms with van der Waals surface area (Å²) in [7, 11) is 0. The lowest BCUT2D eigenvalue weighted by Crippen LogP contribution is -2.17. The SMILES string of the molecule is CCNC(C)c1ccc(OCc2cnn(CC)c2)c(F)c1. The van der Waals surface area contributed by atoms with Gasteiger partial charge < -0.3 is 10.1 Å². The molecule has 0 bridgehead atoms. The van der Waals surface area contributed by atoms with E-state index in [0.29, 0.717) is 6.61 Å². The van der Waals surface area contributed by atoms with Crippen LogP contribution in [0.1, 0.15) is 37.9 Å². The Morgan fingerprint density at radius 3 is 2.81 bits per heavy atom. The molecule has 5 heteroatoms. The zero-order valence-electron chi connectivity index (χ0n) is 12.8. The highest BCUT2D eigenvalue weighted by atomic mass is 19.1. The molecular formula is C16H22FN3O. The van der Waals surface area contributed by atoms with Gasteiger partial charge in [0.25, 0.3) is 0 Å².